The van der Waals surface area contributed by atoms with Crippen molar-refractivity contribution < 1.29 is 9.59 Å². The van der Waals surface area contributed by atoms with E-state index in [0.29, 0.717) is 11.1 Å². The average Bonchev–Trinajstić information content (AvgIpc) is 2.57. The van der Waals surface area contributed by atoms with Gasteiger partial charge in [0.1, 0.15) is 0 Å². The molecule has 1 aliphatic rings. The lowest BCUT2D eigenvalue weighted by Gasteiger charge is -2.05. The maximum absolute atomic E-state index is 12.5. The van der Waals surface area contributed by atoms with Gasteiger partial charge >= 0.3 is 0 Å². The van der Waals surface area contributed by atoms with Crippen LogP contribution in [0.25, 0.3) is 0 Å². The highest BCUT2D eigenvalue weighted by Gasteiger charge is 2.21. The van der Waals surface area contributed by atoms with E-state index in [-0.39, 0.29) is 11.6 Å². The van der Waals surface area contributed by atoms with Crippen LogP contribution < -0.4 is 0 Å². The van der Waals surface area contributed by atoms with Crippen molar-refractivity contribution in [2.75, 3.05) is 0 Å². The van der Waals surface area contributed by atoms with Crippen LogP contribution in [0.5, 0.6) is 0 Å². The molecule has 0 radical (unpaired) electrons. The quantitative estimate of drug-likeness (QED) is 0.739. The Morgan fingerprint density at radius 3 is 2.68 bits per heavy atom. The molecule has 0 spiro atoms. The van der Waals surface area contributed by atoms with Crippen LogP contribution >= 0.6 is 11.8 Å². The fourth-order valence-electron chi connectivity index (χ4n) is 2.22. The van der Waals surface area contributed by atoms with Crippen LogP contribution in [0.2, 0.25) is 0 Å². The molecule has 3 rings (SSSR count). The molecular formula is C16H12O2S. The van der Waals surface area contributed by atoms with Crippen LogP contribution in [0.3, 0.4) is 0 Å². The average molecular weight is 268 g/mol. The summed E-state index contributed by atoms with van der Waals surface area (Å²) in [6, 6.07) is 13.0. The Balaban J connectivity index is 2.15. The Morgan fingerprint density at radius 2 is 1.89 bits per heavy atom. The van der Waals surface area contributed by atoms with Gasteiger partial charge in [-0.25, -0.2) is 0 Å². The van der Waals surface area contributed by atoms with Gasteiger partial charge in [-0.15, -0.1) is 11.8 Å². The number of carbonyl (C=O) groups excluding carboxylic acids is 2. The number of hydrogen-bond donors (Lipinski definition) is 0. The third-order valence-corrected chi connectivity index (χ3v) is 4.38. The summed E-state index contributed by atoms with van der Waals surface area (Å²) in [7, 11) is 0. The molecule has 0 bridgehead atoms. The van der Waals surface area contributed by atoms with Gasteiger partial charge in [0.05, 0.1) is 0 Å². The molecule has 2 aromatic carbocycles. The third kappa shape index (κ3) is 2.10. The fourth-order valence-corrected chi connectivity index (χ4v) is 3.31. The first-order valence-corrected chi connectivity index (χ1v) is 7.06. The predicted molar refractivity (Wildman–Crippen MR) is 75.9 cm³/mol. The number of carbonyl (C=O) groups is 2. The highest BCUT2D eigenvalue weighted by Crippen LogP contribution is 2.34. The summed E-state index contributed by atoms with van der Waals surface area (Å²) in [4.78, 5) is 24.8. The molecule has 1 aliphatic heterocycles. The zero-order valence-corrected chi connectivity index (χ0v) is 11.3. The van der Waals surface area contributed by atoms with Crippen molar-refractivity contribution in [3.8, 4) is 0 Å². The molecule has 0 fully saturated rings. The minimum Gasteiger partial charge on any atom is -0.295 e. The standard InChI is InChI=1S/C16H12O2S/c1-10(17)11-6-7-14-15(8-11)19-9-12-4-2-3-5-13(12)16(14)18/h2-8H,9H2,1H3. The Morgan fingerprint density at radius 1 is 1.11 bits per heavy atom. The Kier molecular flexibility index (Phi) is 2.99. The van der Waals surface area contributed by atoms with Crippen molar-refractivity contribution in [3.63, 3.8) is 0 Å². The smallest absolute Gasteiger partial charge is 0.194 e. The molecule has 2 nitrogen and oxygen atoms in total. The zero-order valence-electron chi connectivity index (χ0n) is 10.5. The van der Waals surface area contributed by atoms with Gasteiger partial charge in [-0.3, -0.25) is 9.59 Å². The van der Waals surface area contributed by atoms with E-state index in [0.717, 1.165) is 21.8 Å². The first-order valence-electron chi connectivity index (χ1n) is 6.07. The van der Waals surface area contributed by atoms with Crippen LogP contribution in [0.4, 0.5) is 0 Å². The number of fused-ring (bicyclic) bond motifs is 2. The van der Waals surface area contributed by atoms with Crippen LogP contribution in [-0.4, -0.2) is 11.6 Å². The molecule has 0 atom stereocenters. The molecule has 19 heavy (non-hydrogen) atoms. The summed E-state index contributed by atoms with van der Waals surface area (Å²) in [6.45, 7) is 1.54. The second-order valence-electron chi connectivity index (χ2n) is 4.54. The Hall–Kier alpha value is -1.87. The first kappa shape index (κ1) is 12.2. The molecule has 0 amide bonds. The maximum Gasteiger partial charge on any atom is 0.194 e. The van der Waals surface area contributed by atoms with E-state index in [9.17, 15) is 9.59 Å². The van der Waals surface area contributed by atoms with Gasteiger partial charge in [0, 0.05) is 27.3 Å². The summed E-state index contributed by atoms with van der Waals surface area (Å²) in [5, 5.41) is 0. The number of rotatable bonds is 1. The van der Waals surface area contributed by atoms with Gasteiger partial charge < -0.3 is 0 Å². The van der Waals surface area contributed by atoms with Gasteiger partial charge in [0.25, 0.3) is 0 Å². The van der Waals surface area contributed by atoms with Gasteiger partial charge in [-0.05, 0) is 24.6 Å². The molecule has 0 N–H and O–H groups in total. The molecule has 0 unspecified atom stereocenters. The lowest BCUT2D eigenvalue weighted by Crippen LogP contribution is -2.04. The molecule has 0 aliphatic carbocycles. The summed E-state index contributed by atoms with van der Waals surface area (Å²) in [5.41, 5.74) is 3.17. The van der Waals surface area contributed by atoms with Gasteiger partial charge in [0.15, 0.2) is 11.6 Å². The molecule has 0 aromatic heterocycles. The summed E-state index contributed by atoms with van der Waals surface area (Å²) in [6.07, 6.45) is 0. The van der Waals surface area contributed by atoms with E-state index in [2.05, 4.69) is 0 Å². The molecule has 1 heterocycles. The normalized spacial score (nSPS) is 13.4. The molecule has 0 saturated heterocycles. The summed E-state index contributed by atoms with van der Waals surface area (Å²) >= 11 is 1.61. The number of ketones is 2. The molecule has 2 aromatic rings. The zero-order chi connectivity index (χ0) is 13.4. The third-order valence-electron chi connectivity index (χ3n) is 3.28. The van der Waals surface area contributed by atoms with E-state index in [1.165, 1.54) is 0 Å². The van der Waals surface area contributed by atoms with Crippen molar-refractivity contribution in [3.05, 3.63) is 64.7 Å². The van der Waals surface area contributed by atoms with Gasteiger partial charge in [-0.1, -0.05) is 30.3 Å². The topological polar surface area (TPSA) is 34.1 Å². The van der Waals surface area contributed by atoms with Crippen molar-refractivity contribution in [2.45, 2.75) is 17.6 Å². The highest BCUT2D eigenvalue weighted by atomic mass is 32.2. The molecular weight excluding hydrogens is 256 g/mol. The van der Waals surface area contributed by atoms with Crippen LogP contribution in [0.1, 0.15) is 38.8 Å². The second kappa shape index (κ2) is 4.67. The lowest BCUT2D eigenvalue weighted by atomic mass is 9.98. The van der Waals surface area contributed by atoms with E-state index in [4.69, 9.17) is 0 Å². The van der Waals surface area contributed by atoms with Crippen molar-refractivity contribution in [1.29, 1.82) is 0 Å². The predicted octanol–water partition coefficient (Wildman–Crippen LogP) is 3.73. The minimum atomic E-state index is 0.0256. The van der Waals surface area contributed by atoms with E-state index in [1.54, 1.807) is 30.8 Å². The number of thioether (sulfide) groups is 1. The van der Waals surface area contributed by atoms with E-state index >= 15 is 0 Å². The molecule has 3 heteroatoms. The van der Waals surface area contributed by atoms with Crippen molar-refractivity contribution >= 4 is 23.3 Å². The summed E-state index contributed by atoms with van der Waals surface area (Å²) < 4.78 is 0. The first-order chi connectivity index (χ1) is 9.16. The second-order valence-corrected chi connectivity index (χ2v) is 5.56. The Labute approximate surface area is 115 Å². The number of hydrogen-bond acceptors (Lipinski definition) is 3. The van der Waals surface area contributed by atoms with Crippen LogP contribution in [-0.2, 0) is 5.75 Å². The van der Waals surface area contributed by atoms with Crippen molar-refractivity contribution in [1.82, 2.24) is 0 Å². The minimum absolute atomic E-state index is 0.0256. The Bertz CT molecular complexity index is 689. The molecule has 94 valence electrons. The largest absolute Gasteiger partial charge is 0.295 e. The van der Waals surface area contributed by atoms with Crippen molar-refractivity contribution in [2.24, 2.45) is 0 Å². The molecule has 0 saturated carbocycles. The maximum atomic E-state index is 12.5. The highest BCUT2D eigenvalue weighted by molar-refractivity contribution is 7.98. The van der Waals surface area contributed by atoms with E-state index in [1.807, 2.05) is 30.3 Å². The summed E-state index contributed by atoms with van der Waals surface area (Å²) in [5.74, 6) is 0.833. The monoisotopic (exact) mass is 268 g/mol. The SMILES string of the molecule is CC(=O)c1ccc2c(c1)SCc1ccccc1C2=O. The number of Topliss-reactive ketones (excluding diaryl/α,β-unsaturated/α-hetero) is 1. The van der Waals surface area contributed by atoms with Crippen LogP contribution in [0, 0.1) is 0 Å². The lowest BCUT2D eigenvalue weighted by molar-refractivity contribution is 0.101. The van der Waals surface area contributed by atoms with Gasteiger partial charge in [0.2, 0.25) is 0 Å². The fraction of sp³-hybridized carbons (Fsp3) is 0.125. The van der Waals surface area contributed by atoms with Gasteiger partial charge in [-0.2, -0.15) is 0 Å². The van der Waals surface area contributed by atoms with E-state index < -0.39 is 0 Å². The number of benzene rings is 2. The van der Waals surface area contributed by atoms with Crippen LogP contribution in [0.15, 0.2) is 47.4 Å².